The number of pyridine rings is 1. The van der Waals surface area contributed by atoms with Crippen LogP contribution in [0.4, 0.5) is 5.69 Å². The van der Waals surface area contributed by atoms with Gasteiger partial charge in [-0.25, -0.2) is 0 Å². The molecule has 0 aliphatic rings. The van der Waals surface area contributed by atoms with Gasteiger partial charge in [-0.15, -0.1) is 6.58 Å². The third-order valence-corrected chi connectivity index (χ3v) is 3.02. The summed E-state index contributed by atoms with van der Waals surface area (Å²) < 4.78 is 5.18. The third-order valence-electron chi connectivity index (χ3n) is 3.02. The number of hydrogen-bond donors (Lipinski definition) is 2. The van der Waals surface area contributed by atoms with E-state index in [1.54, 1.807) is 30.3 Å². The van der Waals surface area contributed by atoms with E-state index in [0.29, 0.717) is 23.5 Å². The summed E-state index contributed by atoms with van der Waals surface area (Å²) in [5.41, 5.74) is 1.03. The van der Waals surface area contributed by atoms with Gasteiger partial charge >= 0.3 is 0 Å². The molecule has 0 radical (unpaired) electrons. The normalized spacial score (nSPS) is 9.78. The Morgan fingerprint density at radius 1 is 1.26 bits per heavy atom. The minimum absolute atomic E-state index is 0.141. The fraction of sp³-hybridized carbons (Fsp3) is 0.118. The van der Waals surface area contributed by atoms with Crippen molar-refractivity contribution in [1.29, 1.82) is 0 Å². The van der Waals surface area contributed by atoms with Crippen LogP contribution in [0.5, 0.6) is 5.75 Å². The first kappa shape index (κ1) is 16.2. The van der Waals surface area contributed by atoms with Crippen molar-refractivity contribution in [2.24, 2.45) is 0 Å². The maximum Gasteiger partial charge on any atom is 0.274 e. The van der Waals surface area contributed by atoms with Crippen LogP contribution in [0.3, 0.4) is 0 Å². The van der Waals surface area contributed by atoms with Gasteiger partial charge in [-0.1, -0.05) is 18.2 Å². The van der Waals surface area contributed by atoms with Crippen molar-refractivity contribution in [1.82, 2.24) is 10.3 Å². The highest BCUT2D eigenvalue weighted by atomic mass is 16.5. The van der Waals surface area contributed by atoms with E-state index in [1.165, 1.54) is 25.4 Å². The van der Waals surface area contributed by atoms with Gasteiger partial charge in [0.15, 0.2) is 0 Å². The minimum Gasteiger partial charge on any atom is -0.495 e. The van der Waals surface area contributed by atoms with Crippen molar-refractivity contribution in [3.05, 3.63) is 66.5 Å². The van der Waals surface area contributed by atoms with Crippen LogP contribution in [0, 0.1) is 0 Å². The number of benzene rings is 1. The van der Waals surface area contributed by atoms with Gasteiger partial charge < -0.3 is 15.4 Å². The molecule has 118 valence electrons. The third kappa shape index (κ3) is 4.16. The summed E-state index contributed by atoms with van der Waals surface area (Å²) >= 11 is 0. The Morgan fingerprint density at radius 3 is 2.78 bits per heavy atom. The van der Waals surface area contributed by atoms with Gasteiger partial charge in [0.25, 0.3) is 11.8 Å². The molecule has 0 aliphatic heterocycles. The van der Waals surface area contributed by atoms with Gasteiger partial charge in [-0.3, -0.25) is 14.6 Å². The Morgan fingerprint density at radius 2 is 2.04 bits per heavy atom. The summed E-state index contributed by atoms with van der Waals surface area (Å²) in [6.45, 7) is 3.88. The predicted molar refractivity (Wildman–Crippen MR) is 87.7 cm³/mol. The molecule has 23 heavy (non-hydrogen) atoms. The lowest BCUT2D eigenvalue weighted by molar-refractivity contribution is 0.0958. The molecule has 2 N–H and O–H groups in total. The first-order valence-electron chi connectivity index (χ1n) is 6.95. The van der Waals surface area contributed by atoms with Crippen LogP contribution in [0.15, 0.2) is 55.3 Å². The average molecular weight is 311 g/mol. The minimum atomic E-state index is -0.423. The zero-order valence-electron chi connectivity index (χ0n) is 12.7. The molecule has 0 unspecified atom stereocenters. The van der Waals surface area contributed by atoms with Crippen molar-refractivity contribution in [3.8, 4) is 5.75 Å². The number of nitrogens with one attached hydrogen (secondary N) is 2. The maximum atomic E-state index is 12.3. The van der Waals surface area contributed by atoms with Crippen molar-refractivity contribution >= 4 is 17.5 Å². The van der Waals surface area contributed by atoms with Crippen LogP contribution >= 0.6 is 0 Å². The van der Waals surface area contributed by atoms with Crippen LogP contribution in [0.25, 0.3) is 0 Å². The summed E-state index contributed by atoms with van der Waals surface area (Å²) in [4.78, 5) is 28.2. The van der Waals surface area contributed by atoms with Crippen LogP contribution in [-0.2, 0) is 0 Å². The second-order valence-corrected chi connectivity index (χ2v) is 4.58. The van der Waals surface area contributed by atoms with Gasteiger partial charge in [0.2, 0.25) is 0 Å². The molecule has 0 saturated heterocycles. The Kier molecular flexibility index (Phi) is 5.46. The number of rotatable bonds is 6. The fourth-order valence-electron chi connectivity index (χ4n) is 1.90. The Hall–Kier alpha value is -3.15. The lowest BCUT2D eigenvalue weighted by Gasteiger charge is -2.10. The lowest BCUT2D eigenvalue weighted by Crippen LogP contribution is -2.24. The van der Waals surface area contributed by atoms with E-state index in [1.807, 2.05) is 0 Å². The Bertz CT molecular complexity index is 729. The van der Waals surface area contributed by atoms with E-state index >= 15 is 0 Å². The predicted octanol–water partition coefficient (Wildman–Crippen LogP) is 2.26. The fourth-order valence-corrected chi connectivity index (χ4v) is 1.90. The Balaban J connectivity index is 2.16. The summed E-state index contributed by atoms with van der Waals surface area (Å²) in [7, 11) is 1.52. The molecule has 1 aromatic heterocycles. The number of carbonyl (C=O) groups is 2. The van der Waals surface area contributed by atoms with Crippen molar-refractivity contribution in [2.75, 3.05) is 19.0 Å². The first-order chi connectivity index (χ1) is 11.2. The number of methoxy groups -OCH3 is 1. The number of amides is 2. The maximum absolute atomic E-state index is 12.3. The number of anilines is 1. The van der Waals surface area contributed by atoms with Gasteiger partial charge in [0.05, 0.1) is 12.8 Å². The molecular formula is C17H17N3O3. The molecule has 1 aromatic carbocycles. The van der Waals surface area contributed by atoms with E-state index < -0.39 is 5.91 Å². The molecule has 2 rings (SSSR count). The van der Waals surface area contributed by atoms with Crippen LogP contribution in [-0.4, -0.2) is 30.5 Å². The molecule has 0 bridgehead atoms. The molecule has 0 saturated carbocycles. The zero-order chi connectivity index (χ0) is 16.7. The van der Waals surface area contributed by atoms with Gasteiger partial charge in [-0.2, -0.15) is 0 Å². The second-order valence-electron chi connectivity index (χ2n) is 4.58. The molecule has 2 aromatic rings. The second kappa shape index (κ2) is 7.74. The molecule has 1 heterocycles. The lowest BCUT2D eigenvalue weighted by atomic mass is 10.2. The summed E-state index contributed by atoms with van der Waals surface area (Å²) in [5.74, 6) is -0.174. The monoisotopic (exact) mass is 311 g/mol. The number of hydrogen-bond acceptors (Lipinski definition) is 4. The number of aromatic nitrogens is 1. The van der Waals surface area contributed by atoms with Crippen molar-refractivity contribution < 1.29 is 14.3 Å². The number of nitrogens with zero attached hydrogens (tertiary/aromatic N) is 1. The molecule has 6 heteroatoms. The summed E-state index contributed by atoms with van der Waals surface area (Å²) in [5, 5.41) is 5.36. The highest BCUT2D eigenvalue weighted by molar-refractivity contribution is 6.05. The molecule has 0 fully saturated rings. The highest BCUT2D eigenvalue weighted by Gasteiger charge is 2.13. The summed E-state index contributed by atoms with van der Waals surface area (Å²) in [6, 6.07) is 10.0. The number of ether oxygens (including phenoxy) is 1. The van der Waals surface area contributed by atoms with Crippen molar-refractivity contribution in [3.63, 3.8) is 0 Å². The van der Waals surface area contributed by atoms with Gasteiger partial charge in [0, 0.05) is 18.3 Å². The molecule has 6 nitrogen and oxygen atoms in total. The SMILES string of the molecule is C=CCNC(=O)c1ccnc(C(=O)Nc2ccccc2OC)c1. The highest BCUT2D eigenvalue weighted by Crippen LogP contribution is 2.23. The topological polar surface area (TPSA) is 80.3 Å². The first-order valence-corrected chi connectivity index (χ1v) is 6.95. The average Bonchev–Trinajstić information content (AvgIpc) is 2.60. The van der Waals surface area contributed by atoms with E-state index in [4.69, 9.17) is 4.74 Å². The van der Waals surface area contributed by atoms with Gasteiger partial charge in [0.1, 0.15) is 11.4 Å². The molecular weight excluding hydrogens is 294 g/mol. The standard InChI is InChI=1S/C17H17N3O3/c1-3-9-19-16(21)12-8-10-18-14(11-12)17(22)20-13-6-4-5-7-15(13)23-2/h3-8,10-11H,1,9H2,2H3,(H,19,21)(H,20,22). The van der Waals surface area contributed by atoms with Gasteiger partial charge in [-0.05, 0) is 24.3 Å². The molecule has 0 aliphatic carbocycles. The molecule has 0 atom stereocenters. The van der Waals surface area contributed by atoms with E-state index in [0.717, 1.165) is 0 Å². The van der Waals surface area contributed by atoms with Crippen LogP contribution < -0.4 is 15.4 Å². The summed E-state index contributed by atoms with van der Waals surface area (Å²) in [6.07, 6.45) is 2.99. The Labute approximate surface area is 134 Å². The van der Waals surface area contributed by atoms with E-state index in [-0.39, 0.29) is 11.6 Å². The quantitative estimate of drug-likeness (QED) is 0.802. The largest absolute Gasteiger partial charge is 0.495 e. The molecule has 2 amide bonds. The smallest absolute Gasteiger partial charge is 0.274 e. The van der Waals surface area contributed by atoms with Crippen LogP contribution in [0.2, 0.25) is 0 Å². The number of carbonyl (C=O) groups excluding carboxylic acids is 2. The zero-order valence-corrected chi connectivity index (χ0v) is 12.7. The molecule has 0 spiro atoms. The van der Waals surface area contributed by atoms with Crippen molar-refractivity contribution in [2.45, 2.75) is 0 Å². The number of para-hydroxylation sites is 2. The van der Waals surface area contributed by atoms with E-state index in [2.05, 4.69) is 22.2 Å². The van der Waals surface area contributed by atoms with E-state index in [9.17, 15) is 9.59 Å². The van der Waals surface area contributed by atoms with Crippen LogP contribution in [0.1, 0.15) is 20.8 Å².